The molecule has 0 aromatic carbocycles. The lowest BCUT2D eigenvalue weighted by atomic mass is 9.78. The SMILES string of the molecule is CC(C)(C)OC(=O)NCC(CO)(CCc1cccs1)CC1CC1. The van der Waals surface area contributed by atoms with E-state index in [1.54, 1.807) is 11.3 Å². The number of aryl methyl sites for hydroxylation is 1. The maximum atomic E-state index is 11.9. The third kappa shape index (κ3) is 6.51. The lowest BCUT2D eigenvalue weighted by Gasteiger charge is -2.33. The van der Waals surface area contributed by atoms with Crippen LogP contribution in [0.1, 0.15) is 51.3 Å². The molecule has 1 aliphatic carbocycles. The van der Waals surface area contributed by atoms with Crippen LogP contribution in [-0.4, -0.2) is 30.0 Å². The van der Waals surface area contributed by atoms with Gasteiger partial charge in [-0.1, -0.05) is 18.9 Å². The van der Waals surface area contributed by atoms with Gasteiger partial charge >= 0.3 is 6.09 Å². The number of hydrogen-bond acceptors (Lipinski definition) is 4. The summed E-state index contributed by atoms with van der Waals surface area (Å²) in [5.41, 5.74) is -0.749. The number of aliphatic hydroxyl groups excluding tert-OH is 1. The largest absolute Gasteiger partial charge is 0.444 e. The van der Waals surface area contributed by atoms with Crippen LogP contribution in [0.3, 0.4) is 0 Å². The van der Waals surface area contributed by atoms with E-state index in [-0.39, 0.29) is 12.0 Å². The normalized spacial score (nSPS) is 17.6. The molecule has 5 heteroatoms. The van der Waals surface area contributed by atoms with Crippen LogP contribution in [0, 0.1) is 11.3 Å². The quantitative estimate of drug-likeness (QED) is 0.753. The Labute approximate surface area is 143 Å². The van der Waals surface area contributed by atoms with Crippen LogP contribution < -0.4 is 5.32 Å². The van der Waals surface area contributed by atoms with Crippen molar-refractivity contribution in [2.45, 2.75) is 58.5 Å². The van der Waals surface area contributed by atoms with Crippen LogP contribution >= 0.6 is 11.3 Å². The van der Waals surface area contributed by atoms with Gasteiger partial charge in [0, 0.05) is 16.8 Å². The minimum Gasteiger partial charge on any atom is -0.444 e. The van der Waals surface area contributed by atoms with Crippen molar-refractivity contribution in [2.75, 3.05) is 13.2 Å². The Hall–Kier alpha value is -1.07. The maximum Gasteiger partial charge on any atom is 0.407 e. The fourth-order valence-electron chi connectivity index (χ4n) is 2.81. The van der Waals surface area contributed by atoms with E-state index in [2.05, 4.69) is 22.8 Å². The van der Waals surface area contributed by atoms with Gasteiger partial charge < -0.3 is 15.2 Å². The molecule has 4 nitrogen and oxygen atoms in total. The molecule has 0 radical (unpaired) electrons. The second kappa shape index (κ2) is 7.67. The van der Waals surface area contributed by atoms with E-state index in [1.165, 1.54) is 17.7 Å². The zero-order valence-corrected chi connectivity index (χ0v) is 15.2. The van der Waals surface area contributed by atoms with Gasteiger partial charge in [-0.25, -0.2) is 4.79 Å². The highest BCUT2D eigenvalue weighted by Gasteiger charge is 2.37. The Morgan fingerprint density at radius 2 is 2.17 bits per heavy atom. The highest BCUT2D eigenvalue weighted by Crippen LogP contribution is 2.42. The van der Waals surface area contributed by atoms with E-state index in [0.29, 0.717) is 12.5 Å². The van der Waals surface area contributed by atoms with Gasteiger partial charge in [0.15, 0.2) is 0 Å². The fraction of sp³-hybridized carbons (Fsp3) is 0.722. The number of nitrogens with one attached hydrogen (secondary N) is 1. The van der Waals surface area contributed by atoms with Gasteiger partial charge in [-0.3, -0.25) is 0 Å². The van der Waals surface area contributed by atoms with Gasteiger partial charge in [-0.05, 0) is 57.4 Å². The third-order valence-electron chi connectivity index (χ3n) is 4.24. The number of amides is 1. The number of alkyl carbamates (subject to hydrolysis) is 1. The van der Waals surface area contributed by atoms with Crippen LogP contribution in [0.4, 0.5) is 4.79 Å². The molecule has 0 aliphatic heterocycles. The van der Waals surface area contributed by atoms with E-state index in [9.17, 15) is 9.90 Å². The lowest BCUT2D eigenvalue weighted by molar-refractivity contribution is 0.0438. The molecule has 1 aromatic rings. The van der Waals surface area contributed by atoms with E-state index < -0.39 is 11.7 Å². The van der Waals surface area contributed by atoms with Crippen LogP contribution in [0.15, 0.2) is 17.5 Å². The summed E-state index contributed by atoms with van der Waals surface area (Å²) in [4.78, 5) is 13.3. The smallest absolute Gasteiger partial charge is 0.407 e. The van der Waals surface area contributed by atoms with Gasteiger partial charge in [-0.15, -0.1) is 11.3 Å². The maximum absolute atomic E-state index is 11.9. The summed E-state index contributed by atoms with van der Waals surface area (Å²) >= 11 is 1.75. The zero-order chi connectivity index (χ0) is 16.9. The van der Waals surface area contributed by atoms with Gasteiger partial charge in [0.1, 0.15) is 5.60 Å². The van der Waals surface area contributed by atoms with Crippen LogP contribution in [-0.2, 0) is 11.2 Å². The van der Waals surface area contributed by atoms with Crippen molar-refractivity contribution in [1.29, 1.82) is 0 Å². The zero-order valence-electron chi connectivity index (χ0n) is 14.4. The summed E-state index contributed by atoms with van der Waals surface area (Å²) in [6, 6.07) is 4.19. The number of thiophene rings is 1. The highest BCUT2D eigenvalue weighted by atomic mass is 32.1. The molecule has 1 saturated carbocycles. The predicted octanol–water partition coefficient (Wildman–Crippen LogP) is 3.98. The van der Waals surface area contributed by atoms with E-state index in [4.69, 9.17) is 4.74 Å². The topological polar surface area (TPSA) is 58.6 Å². The average molecular weight is 340 g/mol. The molecule has 2 rings (SSSR count). The fourth-order valence-corrected chi connectivity index (χ4v) is 3.52. The molecule has 0 spiro atoms. The third-order valence-corrected chi connectivity index (χ3v) is 5.18. The number of aliphatic hydroxyl groups is 1. The summed E-state index contributed by atoms with van der Waals surface area (Å²) in [6.07, 6.45) is 4.89. The van der Waals surface area contributed by atoms with Crippen molar-refractivity contribution in [3.8, 4) is 0 Å². The first-order chi connectivity index (χ1) is 10.8. The first kappa shape index (κ1) is 18.3. The summed E-state index contributed by atoms with van der Waals surface area (Å²) in [5, 5.41) is 15.0. The van der Waals surface area contributed by atoms with Crippen LogP contribution in [0.25, 0.3) is 0 Å². The molecule has 1 fully saturated rings. The minimum atomic E-state index is -0.501. The van der Waals surface area contributed by atoms with Crippen molar-refractivity contribution in [2.24, 2.45) is 11.3 Å². The molecule has 1 heterocycles. The summed E-state index contributed by atoms with van der Waals surface area (Å²) in [7, 11) is 0. The molecule has 23 heavy (non-hydrogen) atoms. The van der Waals surface area contributed by atoms with E-state index in [0.717, 1.165) is 19.3 Å². The Kier molecular flexibility index (Phi) is 6.09. The van der Waals surface area contributed by atoms with Crippen molar-refractivity contribution in [1.82, 2.24) is 5.32 Å². The molecule has 2 N–H and O–H groups in total. The Balaban J connectivity index is 1.93. The standard InChI is InChI=1S/C18H29NO3S/c1-17(2,3)22-16(21)19-12-18(13-20,11-14-6-7-14)9-8-15-5-4-10-23-15/h4-5,10,14,20H,6-9,11-13H2,1-3H3,(H,19,21). The molecule has 1 aromatic heterocycles. The predicted molar refractivity (Wildman–Crippen MR) is 93.7 cm³/mol. The number of carbonyl (C=O) groups excluding carboxylic acids is 1. The summed E-state index contributed by atoms with van der Waals surface area (Å²) in [6.45, 7) is 6.14. The highest BCUT2D eigenvalue weighted by molar-refractivity contribution is 7.09. The number of rotatable bonds is 8. The number of ether oxygens (including phenoxy) is 1. The summed E-state index contributed by atoms with van der Waals surface area (Å²) < 4.78 is 5.32. The number of hydrogen-bond donors (Lipinski definition) is 2. The first-order valence-electron chi connectivity index (χ1n) is 8.42. The van der Waals surface area contributed by atoms with Gasteiger partial charge in [0.2, 0.25) is 0 Å². The van der Waals surface area contributed by atoms with E-state index >= 15 is 0 Å². The minimum absolute atomic E-state index is 0.102. The Bertz CT molecular complexity index is 491. The van der Waals surface area contributed by atoms with Gasteiger partial charge in [0.25, 0.3) is 0 Å². The Morgan fingerprint density at radius 1 is 1.43 bits per heavy atom. The van der Waals surface area contributed by atoms with Crippen LogP contribution in [0.5, 0.6) is 0 Å². The second-order valence-corrected chi connectivity index (χ2v) is 8.77. The summed E-state index contributed by atoms with van der Waals surface area (Å²) in [5.74, 6) is 0.700. The van der Waals surface area contributed by atoms with Crippen molar-refractivity contribution < 1.29 is 14.6 Å². The van der Waals surface area contributed by atoms with Crippen LogP contribution in [0.2, 0.25) is 0 Å². The van der Waals surface area contributed by atoms with Crippen molar-refractivity contribution in [3.05, 3.63) is 22.4 Å². The Morgan fingerprint density at radius 3 is 2.70 bits per heavy atom. The molecule has 1 aliphatic rings. The van der Waals surface area contributed by atoms with Crippen molar-refractivity contribution >= 4 is 17.4 Å². The monoisotopic (exact) mass is 339 g/mol. The molecule has 1 unspecified atom stereocenters. The molecular formula is C18H29NO3S. The second-order valence-electron chi connectivity index (χ2n) is 7.74. The molecule has 0 saturated heterocycles. The molecule has 1 amide bonds. The molecule has 1 atom stereocenters. The molecule has 130 valence electrons. The first-order valence-corrected chi connectivity index (χ1v) is 9.30. The number of carbonyl (C=O) groups is 1. The van der Waals surface area contributed by atoms with E-state index in [1.807, 2.05) is 20.8 Å². The molecular weight excluding hydrogens is 310 g/mol. The lowest BCUT2D eigenvalue weighted by Crippen LogP contribution is -2.42. The van der Waals surface area contributed by atoms with Gasteiger partial charge in [0.05, 0.1) is 6.61 Å². The van der Waals surface area contributed by atoms with Gasteiger partial charge in [-0.2, -0.15) is 0 Å². The van der Waals surface area contributed by atoms with Crippen molar-refractivity contribution in [3.63, 3.8) is 0 Å². The average Bonchev–Trinajstić information content (AvgIpc) is 3.11. The molecule has 0 bridgehead atoms.